The molecular weight excluding hydrogens is 246 g/mol. The first-order chi connectivity index (χ1) is 8.63. The van der Waals surface area contributed by atoms with Crippen molar-refractivity contribution < 1.29 is 9.53 Å². The molecule has 2 N–H and O–H groups in total. The number of unbranched alkanes of at least 4 members (excludes halogenated alkanes) is 2. The van der Waals surface area contributed by atoms with Gasteiger partial charge in [0.25, 0.3) is 0 Å². The Hall–Kier alpha value is -1.42. The molecule has 0 unspecified atom stereocenters. The Balaban J connectivity index is 2.46. The quantitative estimate of drug-likeness (QED) is 0.468. The van der Waals surface area contributed by atoms with Gasteiger partial charge in [-0.1, -0.05) is 44.1 Å². The molecule has 0 radical (unpaired) electrons. The zero-order valence-electron chi connectivity index (χ0n) is 10.6. The lowest BCUT2D eigenvalue weighted by atomic mass is 10.1. The molecule has 0 aromatic heterocycles. The summed E-state index contributed by atoms with van der Waals surface area (Å²) >= 11 is 4.83. The maximum absolute atomic E-state index is 11.7. The van der Waals surface area contributed by atoms with Crippen molar-refractivity contribution in [3.05, 3.63) is 35.4 Å². The van der Waals surface area contributed by atoms with E-state index < -0.39 is 0 Å². The summed E-state index contributed by atoms with van der Waals surface area (Å²) in [5, 5.41) is 0. The van der Waals surface area contributed by atoms with Crippen LogP contribution < -0.4 is 5.73 Å². The van der Waals surface area contributed by atoms with Crippen molar-refractivity contribution in [2.45, 2.75) is 32.6 Å². The second kappa shape index (κ2) is 7.82. The highest BCUT2D eigenvalue weighted by molar-refractivity contribution is 7.80. The summed E-state index contributed by atoms with van der Waals surface area (Å²) < 4.78 is 5.16. The molecule has 0 spiro atoms. The summed E-state index contributed by atoms with van der Waals surface area (Å²) in [4.78, 5) is 12.1. The average molecular weight is 265 g/mol. The second-order valence-corrected chi connectivity index (χ2v) is 4.71. The highest BCUT2D eigenvalue weighted by Crippen LogP contribution is 2.07. The minimum absolute atomic E-state index is 0.270. The van der Waals surface area contributed by atoms with Gasteiger partial charge >= 0.3 is 5.97 Å². The van der Waals surface area contributed by atoms with Crippen LogP contribution in [0.1, 0.15) is 42.1 Å². The van der Waals surface area contributed by atoms with E-state index in [-0.39, 0.29) is 5.97 Å². The van der Waals surface area contributed by atoms with Crippen molar-refractivity contribution >= 4 is 23.2 Å². The van der Waals surface area contributed by atoms with Gasteiger partial charge in [-0.3, -0.25) is 0 Å². The fourth-order valence-electron chi connectivity index (χ4n) is 1.56. The first kappa shape index (κ1) is 14.6. The number of hydrogen-bond donors (Lipinski definition) is 1. The third kappa shape index (κ3) is 5.27. The molecule has 4 heteroatoms. The fraction of sp³-hybridized carbons (Fsp3) is 0.429. The van der Waals surface area contributed by atoms with Crippen LogP contribution in [0.2, 0.25) is 0 Å². The lowest BCUT2D eigenvalue weighted by Gasteiger charge is -2.05. The monoisotopic (exact) mass is 265 g/mol. The minimum atomic E-state index is -0.270. The molecule has 0 heterocycles. The molecule has 0 atom stereocenters. The van der Waals surface area contributed by atoms with Crippen molar-refractivity contribution in [1.29, 1.82) is 0 Å². The molecule has 0 saturated heterocycles. The zero-order valence-corrected chi connectivity index (χ0v) is 11.5. The standard InChI is InChI=1S/C14H19NO2S/c1-2-3-4-9-17-14(16)12-7-5-11(6-8-12)10-13(15)18/h5-8H,2-4,9-10H2,1H3,(H2,15,18). The molecule has 18 heavy (non-hydrogen) atoms. The molecule has 0 aliphatic carbocycles. The number of ether oxygens (including phenoxy) is 1. The van der Waals surface area contributed by atoms with E-state index in [1.165, 1.54) is 0 Å². The number of carbonyl (C=O) groups is 1. The predicted octanol–water partition coefficient (Wildman–Crippen LogP) is 2.86. The number of thiocarbonyl (C=S) groups is 1. The first-order valence-corrected chi connectivity index (χ1v) is 6.58. The summed E-state index contributed by atoms with van der Waals surface area (Å²) in [5.74, 6) is -0.270. The maximum atomic E-state index is 11.7. The van der Waals surface area contributed by atoms with Gasteiger partial charge in [0.1, 0.15) is 0 Å². The summed E-state index contributed by atoms with van der Waals surface area (Å²) in [7, 11) is 0. The molecule has 3 nitrogen and oxygen atoms in total. The van der Waals surface area contributed by atoms with Crippen LogP contribution in [0.3, 0.4) is 0 Å². The van der Waals surface area contributed by atoms with Gasteiger partial charge in [0.05, 0.1) is 17.2 Å². The molecule has 1 rings (SSSR count). The van der Waals surface area contributed by atoms with E-state index in [1.54, 1.807) is 12.1 Å². The minimum Gasteiger partial charge on any atom is -0.462 e. The smallest absolute Gasteiger partial charge is 0.338 e. The number of benzene rings is 1. The van der Waals surface area contributed by atoms with E-state index in [9.17, 15) is 4.79 Å². The van der Waals surface area contributed by atoms with Gasteiger partial charge in [-0.25, -0.2) is 4.79 Å². The predicted molar refractivity (Wildman–Crippen MR) is 76.7 cm³/mol. The molecule has 0 amide bonds. The Morgan fingerprint density at radius 3 is 2.50 bits per heavy atom. The number of nitrogens with two attached hydrogens (primary N) is 1. The van der Waals surface area contributed by atoms with E-state index in [4.69, 9.17) is 22.7 Å². The Kier molecular flexibility index (Phi) is 6.36. The Morgan fingerprint density at radius 1 is 1.28 bits per heavy atom. The van der Waals surface area contributed by atoms with Crippen molar-refractivity contribution in [3.8, 4) is 0 Å². The summed E-state index contributed by atoms with van der Waals surface area (Å²) in [6.45, 7) is 2.60. The highest BCUT2D eigenvalue weighted by Gasteiger charge is 2.06. The molecule has 0 fully saturated rings. The van der Waals surface area contributed by atoms with Crippen LogP contribution in [0.5, 0.6) is 0 Å². The summed E-state index contributed by atoms with van der Waals surface area (Å²) in [6, 6.07) is 7.19. The second-order valence-electron chi connectivity index (χ2n) is 4.18. The summed E-state index contributed by atoms with van der Waals surface area (Å²) in [6.07, 6.45) is 3.67. The van der Waals surface area contributed by atoms with Crippen LogP contribution in [0, 0.1) is 0 Å². The number of carbonyl (C=O) groups excluding carboxylic acids is 1. The van der Waals surface area contributed by atoms with Gasteiger partial charge in [-0.15, -0.1) is 0 Å². The SMILES string of the molecule is CCCCCOC(=O)c1ccc(CC(N)=S)cc1. The molecular formula is C14H19NO2S. The van der Waals surface area contributed by atoms with Crippen molar-refractivity contribution in [2.24, 2.45) is 5.73 Å². The molecule has 0 saturated carbocycles. The average Bonchev–Trinajstić information content (AvgIpc) is 2.34. The van der Waals surface area contributed by atoms with E-state index in [0.717, 1.165) is 24.8 Å². The normalized spacial score (nSPS) is 10.1. The van der Waals surface area contributed by atoms with E-state index in [1.807, 2.05) is 12.1 Å². The van der Waals surface area contributed by atoms with Crippen molar-refractivity contribution in [2.75, 3.05) is 6.61 Å². The Labute approximate surface area is 113 Å². The third-order valence-corrected chi connectivity index (χ3v) is 2.69. The van der Waals surface area contributed by atoms with Gasteiger partial charge in [0.15, 0.2) is 0 Å². The van der Waals surface area contributed by atoms with Crippen LogP contribution in [0.15, 0.2) is 24.3 Å². The van der Waals surface area contributed by atoms with Gasteiger partial charge in [-0.2, -0.15) is 0 Å². The van der Waals surface area contributed by atoms with Gasteiger partial charge in [0, 0.05) is 6.42 Å². The largest absolute Gasteiger partial charge is 0.462 e. The van der Waals surface area contributed by atoms with Gasteiger partial charge in [0.2, 0.25) is 0 Å². The van der Waals surface area contributed by atoms with Crippen molar-refractivity contribution in [1.82, 2.24) is 0 Å². The van der Waals surface area contributed by atoms with Crippen LogP contribution >= 0.6 is 12.2 Å². The molecule has 0 aliphatic rings. The van der Waals surface area contributed by atoms with Crippen LogP contribution in [-0.2, 0) is 11.2 Å². The zero-order chi connectivity index (χ0) is 13.4. The van der Waals surface area contributed by atoms with Crippen LogP contribution in [0.4, 0.5) is 0 Å². The molecule has 1 aromatic carbocycles. The van der Waals surface area contributed by atoms with E-state index in [2.05, 4.69) is 6.92 Å². The lowest BCUT2D eigenvalue weighted by Crippen LogP contribution is -2.11. The van der Waals surface area contributed by atoms with E-state index >= 15 is 0 Å². The topological polar surface area (TPSA) is 52.3 Å². The van der Waals surface area contributed by atoms with Gasteiger partial charge in [-0.05, 0) is 24.1 Å². The number of hydrogen-bond acceptors (Lipinski definition) is 3. The van der Waals surface area contributed by atoms with Crippen molar-refractivity contribution in [3.63, 3.8) is 0 Å². The third-order valence-electron chi connectivity index (χ3n) is 2.55. The van der Waals surface area contributed by atoms with Crippen LogP contribution in [0.25, 0.3) is 0 Å². The molecule has 98 valence electrons. The first-order valence-electron chi connectivity index (χ1n) is 6.18. The molecule has 1 aromatic rings. The number of rotatable bonds is 7. The highest BCUT2D eigenvalue weighted by atomic mass is 32.1. The van der Waals surface area contributed by atoms with Crippen LogP contribution in [-0.4, -0.2) is 17.6 Å². The summed E-state index contributed by atoms with van der Waals surface area (Å²) in [5.41, 5.74) is 7.03. The maximum Gasteiger partial charge on any atom is 0.338 e. The number of esters is 1. The molecule has 0 bridgehead atoms. The Bertz CT molecular complexity index is 401. The lowest BCUT2D eigenvalue weighted by molar-refractivity contribution is 0.0498. The fourth-order valence-corrected chi connectivity index (χ4v) is 1.73. The Morgan fingerprint density at radius 2 is 1.94 bits per heavy atom. The molecule has 0 aliphatic heterocycles. The van der Waals surface area contributed by atoms with Gasteiger partial charge < -0.3 is 10.5 Å². The van der Waals surface area contributed by atoms with E-state index in [0.29, 0.717) is 23.6 Å².